The average Bonchev–Trinajstić information content (AvgIpc) is 2.81. The highest BCUT2D eigenvalue weighted by atomic mass is 16.5. The molecule has 0 aliphatic heterocycles. The molecule has 2 aromatic rings. The third-order valence-electron chi connectivity index (χ3n) is 2.56. The third-order valence-corrected chi connectivity index (χ3v) is 2.56. The molecule has 1 aromatic carbocycles. The smallest absolute Gasteiger partial charge is 0.337 e. The van der Waals surface area contributed by atoms with Gasteiger partial charge in [0.25, 0.3) is 0 Å². The Balaban J connectivity index is 1.98. The van der Waals surface area contributed by atoms with E-state index < -0.39 is 0 Å². The van der Waals surface area contributed by atoms with Crippen LogP contribution in [0, 0.1) is 0 Å². The minimum absolute atomic E-state index is 0.356. The summed E-state index contributed by atoms with van der Waals surface area (Å²) in [7, 11) is 3.26. The molecule has 0 amide bonds. The zero-order valence-corrected chi connectivity index (χ0v) is 10.3. The number of carbonyl (C=O) groups is 1. The molecule has 0 bridgehead atoms. The number of aryl methyl sites for hydroxylation is 1. The lowest BCUT2D eigenvalue weighted by atomic mass is 10.2. The van der Waals surface area contributed by atoms with Crippen LogP contribution in [0.4, 0.5) is 0 Å². The topological polar surface area (TPSA) is 53.4 Å². The molecule has 2 rings (SSSR count). The van der Waals surface area contributed by atoms with Gasteiger partial charge in [-0.25, -0.2) is 9.78 Å². The molecule has 0 aliphatic carbocycles. The molecule has 5 nitrogen and oxygen atoms in total. The quantitative estimate of drug-likeness (QED) is 0.772. The van der Waals surface area contributed by atoms with Crippen molar-refractivity contribution in [1.82, 2.24) is 9.55 Å². The fourth-order valence-corrected chi connectivity index (χ4v) is 1.49. The van der Waals surface area contributed by atoms with Crippen LogP contribution in [0.2, 0.25) is 0 Å². The summed E-state index contributed by atoms with van der Waals surface area (Å²) >= 11 is 0. The monoisotopic (exact) mass is 246 g/mol. The lowest BCUT2D eigenvalue weighted by Gasteiger charge is -2.06. The van der Waals surface area contributed by atoms with Gasteiger partial charge in [0.05, 0.1) is 12.7 Å². The molecule has 0 radical (unpaired) electrons. The van der Waals surface area contributed by atoms with Crippen molar-refractivity contribution in [3.05, 3.63) is 48.0 Å². The molecule has 94 valence electrons. The summed E-state index contributed by atoms with van der Waals surface area (Å²) in [4.78, 5) is 15.4. The van der Waals surface area contributed by atoms with Crippen molar-refractivity contribution >= 4 is 5.97 Å². The fraction of sp³-hybridized carbons (Fsp3) is 0.231. The van der Waals surface area contributed by atoms with Gasteiger partial charge in [-0.1, -0.05) is 0 Å². The van der Waals surface area contributed by atoms with Crippen molar-refractivity contribution in [3.63, 3.8) is 0 Å². The number of imidazole rings is 1. The van der Waals surface area contributed by atoms with Crippen LogP contribution in [-0.4, -0.2) is 22.6 Å². The van der Waals surface area contributed by atoms with Gasteiger partial charge < -0.3 is 14.0 Å². The molecule has 0 aliphatic rings. The van der Waals surface area contributed by atoms with E-state index in [4.69, 9.17) is 4.74 Å². The van der Waals surface area contributed by atoms with Crippen molar-refractivity contribution < 1.29 is 14.3 Å². The molecule has 0 saturated carbocycles. The lowest BCUT2D eigenvalue weighted by molar-refractivity contribution is 0.0600. The van der Waals surface area contributed by atoms with Gasteiger partial charge in [0.1, 0.15) is 18.2 Å². The highest BCUT2D eigenvalue weighted by Gasteiger charge is 2.05. The maximum absolute atomic E-state index is 11.2. The zero-order valence-electron chi connectivity index (χ0n) is 10.3. The minimum Gasteiger partial charge on any atom is -0.486 e. The Morgan fingerprint density at radius 3 is 2.61 bits per heavy atom. The number of benzene rings is 1. The summed E-state index contributed by atoms with van der Waals surface area (Å²) in [5.74, 6) is 1.17. The van der Waals surface area contributed by atoms with Crippen LogP contribution in [0.1, 0.15) is 16.2 Å². The number of carbonyl (C=O) groups excluding carboxylic acids is 1. The Labute approximate surface area is 105 Å². The first kappa shape index (κ1) is 12.2. The number of esters is 1. The number of methoxy groups -OCH3 is 1. The Morgan fingerprint density at radius 1 is 1.33 bits per heavy atom. The van der Waals surface area contributed by atoms with E-state index in [1.807, 2.05) is 17.8 Å². The molecule has 1 heterocycles. The van der Waals surface area contributed by atoms with E-state index >= 15 is 0 Å². The van der Waals surface area contributed by atoms with Crippen molar-refractivity contribution in [2.45, 2.75) is 6.61 Å². The van der Waals surface area contributed by atoms with Gasteiger partial charge >= 0.3 is 5.97 Å². The van der Waals surface area contributed by atoms with Gasteiger partial charge in [-0.15, -0.1) is 0 Å². The first-order valence-corrected chi connectivity index (χ1v) is 5.48. The van der Waals surface area contributed by atoms with Gasteiger partial charge in [-0.2, -0.15) is 0 Å². The first-order chi connectivity index (χ1) is 8.70. The Bertz CT molecular complexity index is 531. The van der Waals surface area contributed by atoms with Crippen LogP contribution in [-0.2, 0) is 18.4 Å². The molecule has 0 N–H and O–H groups in total. The van der Waals surface area contributed by atoms with Gasteiger partial charge in [-0.3, -0.25) is 0 Å². The van der Waals surface area contributed by atoms with Crippen LogP contribution < -0.4 is 4.74 Å². The lowest BCUT2D eigenvalue weighted by Crippen LogP contribution is -2.04. The third kappa shape index (κ3) is 2.68. The number of hydrogen-bond acceptors (Lipinski definition) is 4. The van der Waals surface area contributed by atoms with Crippen LogP contribution in [0.3, 0.4) is 0 Å². The summed E-state index contributed by atoms with van der Waals surface area (Å²) in [5, 5.41) is 0. The Morgan fingerprint density at radius 2 is 2.06 bits per heavy atom. The van der Waals surface area contributed by atoms with Gasteiger partial charge in [0.15, 0.2) is 0 Å². The largest absolute Gasteiger partial charge is 0.486 e. The second kappa shape index (κ2) is 5.35. The summed E-state index contributed by atoms with van der Waals surface area (Å²) < 4.78 is 12.1. The van der Waals surface area contributed by atoms with Crippen LogP contribution in [0.5, 0.6) is 5.75 Å². The zero-order chi connectivity index (χ0) is 13.0. The average molecular weight is 246 g/mol. The summed E-state index contributed by atoms with van der Waals surface area (Å²) in [6.45, 7) is 0.390. The summed E-state index contributed by atoms with van der Waals surface area (Å²) in [5.41, 5.74) is 0.502. The predicted molar refractivity (Wildman–Crippen MR) is 65.3 cm³/mol. The van der Waals surface area contributed by atoms with Gasteiger partial charge in [0.2, 0.25) is 0 Å². The molecule has 0 saturated heterocycles. The predicted octanol–water partition coefficient (Wildman–Crippen LogP) is 1.79. The SMILES string of the molecule is COC(=O)c1ccc(OCc2nccn2C)cc1. The molecule has 0 spiro atoms. The van der Waals surface area contributed by atoms with E-state index in [-0.39, 0.29) is 5.97 Å². The van der Waals surface area contributed by atoms with E-state index in [9.17, 15) is 4.79 Å². The van der Waals surface area contributed by atoms with Gasteiger partial charge in [0, 0.05) is 19.4 Å². The molecule has 0 unspecified atom stereocenters. The highest BCUT2D eigenvalue weighted by molar-refractivity contribution is 5.89. The second-order valence-electron chi connectivity index (χ2n) is 3.76. The van der Waals surface area contributed by atoms with Crippen LogP contribution >= 0.6 is 0 Å². The normalized spacial score (nSPS) is 10.1. The van der Waals surface area contributed by atoms with Crippen LogP contribution in [0.15, 0.2) is 36.7 Å². The van der Waals surface area contributed by atoms with E-state index in [0.29, 0.717) is 17.9 Å². The highest BCUT2D eigenvalue weighted by Crippen LogP contribution is 2.14. The summed E-state index contributed by atoms with van der Waals surface area (Å²) in [6, 6.07) is 6.80. The maximum Gasteiger partial charge on any atom is 0.337 e. The van der Waals surface area contributed by atoms with E-state index in [0.717, 1.165) is 5.82 Å². The van der Waals surface area contributed by atoms with E-state index in [1.54, 1.807) is 30.5 Å². The van der Waals surface area contributed by atoms with Crippen molar-refractivity contribution in [2.75, 3.05) is 7.11 Å². The number of aromatic nitrogens is 2. The Kier molecular flexibility index (Phi) is 3.62. The first-order valence-electron chi connectivity index (χ1n) is 5.48. The molecule has 5 heteroatoms. The van der Waals surface area contributed by atoms with Crippen LogP contribution in [0.25, 0.3) is 0 Å². The maximum atomic E-state index is 11.2. The van der Waals surface area contributed by atoms with Crippen molar-refractivity contribution in [3.8, 4) is 5.75 Å². The number of rotatable bonds is 4. The fourth-order valence-electron chi connectivity index (χ4n) is 1.49. The Hall–Kier alpha value is -2.30. The standard InChI is InChI=1S/C13H14N2O3/c1-15-8-7-14-12(15)9-18-11-5-3-10(4-6-11)13(16)17-2/h3-8H,9H2,1-2H3. The van der Waals surface area contributed by atoms with Gasteiger partial charge in [-0.05, 0) is 24.3 Å². The van der Waals surface area contributed by atoms with Crippen molar-refractivity contribution in [1.29, 1.82) is 0 Å². The number of nitrogens with zero attached hydrogens (tertiary/aromatic N) is 2. The molecule has 0 atom stereocenters. The minimum atomic E-state index is -0.356. The molecule has 18 heavy (non-hydrogen) atoms. The molecule has 0 fully saturated rings. The number of hydrogen-bond donors (Lipinski definition) is 0. The summed E-state index contributed by atoms with van der Waals surface area (Å²) in [6.07, 6.45) is 3.58. The van der Waals surface area contributed by atoms with Crippen molar-refractivity contribution in [2.24, 2.45) is 7.05 Å². The molecular weight excluding hydrogens is 232 g/mol. The molecule has 1 aromatic heterocycles. The molecular formula is C13H14N2O3. The second-order valence-corrected chi connectivity index (χ2v) is 3.76. The van der Waals surface area contributed by atoms with E-state index in [1.165, 1.54) is 7.11 Å². The van der Waals surface area contributed by atoms with E-state index in [2.05, 4.69) is 9.72 Å². The number of ether oxygens (including phenoxy) is 2.